The molecule has 2 N–H and O–H groups in total. The summed E-state index contributed by atoms with van der Waals surface area (Å²) in [5.41, 5.74) is 3.69. The first-order valence-corrected chi connectivity index (χ1v) is 10.2. The summed E-state index contributed by atoms with van der Waals surface area (Å²) in [6.07, 6.45) is 0. The maximum atomic E-state index is 11.0. The summed E-state index contributed by atoms with van der Waals surface area (Å²) in [6, 6.07) is 9.58. The van der Waals surface area contributed by atoms with E-state index in [1.165, 1.54) is 25.3 Å². The van der Waals surface area contributed by atoms with E-state index in [-0.39, 0.29) is 5.69 Å². The van der Waals surface area contributed by atoms with E-state index in [1.54, 1.807) is 12.1 Å². The van der Waals surface area contributed by atoms with Crippen LogP contribution in [0.4, 0.5) is 17.1 Å². The van der Waals surface area contributed by atoms with Gasteiger partial charge >= 0.3 is 0 Å². The van der Waals surface area contributed by atoms with Gasteiger partial charge in [0.25, 0.3) is 5.69 Å². The average Bonchev–Trinajstić information content (AvgIpc) is 2.97. The van der Waals surface area contributed by atoms with E-state index in [2.05, 4.69) is 15.7 Å². The van der Waals surface area contributed by atoms with Crippen LogP contribution in [0.5, 0.6) is 5.75 Å². The van der Waals surface area contributed by atoms with E-state index in [1.807, 2.05) is 24.6 Å². The Kier molecular flexibility index (Phi) is 6.99. The van der Waals surface area contributed by atoms with E-state index >= 15 is 0 Å². The van der Waals surface area contributed by atoms with Crippen LogP contribution in [0.2, 0.25) is 10.0 Å². The number of aryl methyl sites for hydroxylation is 1. The number of hydrogen-bond donors (Lipinski definition) is 2. The predicted molar refractivity (Wildman–Crippen MR) is 127 cm³/mol. The fourth-order valence-electron chi connectivity index (χ4n) is 3.01. The zero-order chi connectivity index (χ0) is 22.7. The van der Waals surface area contributed by atoms with Gasteiger partial charge in [-0.25, -0.2) is 0 Å². The highest BCUT2D eigenvalue weighted by atomic mass is 35.5. The molecule has 1 aromatic heterocycles. The first-order valence-electron chi connectivity index (χ1n) is 9.08. The molecule has 162 valence electrons. The summed E-state index contributed by atoms with van der Waals surface area (Å²) < 4.78 is 7.05. The van der Waals surface area contributed by atoms with Crippen molar-refractivity contribution in [1.29, 1.82) is 0 Å². The summed E-state index contributed by atoms with van der Waals surface area (Å²) in [7, 11) is 1.43. The van der Waals surface area contributed by atoms with E-state index in [0.29, 0.717) is 33.1 Å². The van der Waals surface area contributed by atoms with E-state index in [4.69, 9.17) is 40.2 Å². The van der Waals surface area contributed by atoms with Crippen LogP contribution in [-0.2, 0) is 6.54 Å². The summed E-state index contributed by atoms with van der Waals surface area (Å²) in [5, 5.41) is 23.1. The van der Waals surface area contributed by atoms with Crippen LogP contribution in [0.15, 0.2) is 36.4 Å². The minimum Gasteiger partial charge on any atom is -0.494 e. The van der Waals surface area contributed by atoms with Gasteiger partial charge in [0, 0.05) is 16.1 Å². The second-order valence-corrected chi connectivity index (χ2v) is 7.91. The van der Waals surface area contributed by atoms with Crippen LogP contribution >= 0.6 is 35.4 Å². The van der Waals surface area contributed by atoms with E-state index in [9.17, 15) is 10.1 Å². The van der Waals surface area contributed by atoms with Crippen LogP contribution in [0.3, 0.4) is 0 Å². The van der Waals surface area contributed by atoms with Crippen molar-refractivity contribution < 1.29 is 9.66 Å². The molecule has 2 aromatic carbocycles. The predicted octanol–water partition coefficient (Wildman–Crippen LogP) is 5.58. The summed E-state index contributed by atoms with van der Waals surface area (Å²) in [6.45, 7) is 4.26. The number of halogens is 2. The number of hydrogen-bond acceptors (Lipinski definition) is 5. The Labute approximate surface area is 194 Å². The number of aromatic nitrogens is 2. The van der Waals surface area contributed by atoms with Crippen molar-refractivity contribution in [2.75, 3.05) is 17.7 Å². The molecule has 1 heterocycles. The number of nitro groups is 1. The van der Waals surface area contributed by atoms with Gasteiger partial charge in [0.1, 0.15) is 5.75 Å². The van der Waals surface area contributed by atoms with Crippen molar-refractivity contribution in [3.05, 3.63) is 73.5 Å². The highest BCUT2D eigenvalue weighted by Crippen LogP contribution is 2.30. The average molecular weight is 480 g/mol. The molecular weight excluding hydrogens is 461 g/mol. The Bertz CT molecular complexity index is 1170. The van der Waals surface area contributed by atoms with Gasteiger partial charge in [-0.1, -0.05) is 29.3 Å². The second kappa shape index (κ2) is 9.51. The highest BCUT2D eigenvalue weighted by Gasteiger charge is 2.16. The highest BCUT2D eigenvalue weighted by molar-refractivity contribution is 7.80. The zero-order valence-electron chi connectivity index (χ0n) is 16.9. The number of rotatable bonds is 6. The van der Waals surface area contributed by atoms with Crippen LogP contribution in [-0.4, -0.2) is 26.9 Å². The van der Waals surface area contributed by atoms with Gasteiger partial charge in [0.05, 0.1) is 47.4 Å². The van der Waals surface area contributed by atoms with E-state index < -0.39 is 4.92 Å². The molecule has 3 rings (SSSR count). The zero-order valence-corrected chi connectivity index (χ0v) is 19.2. The molecule has 0 aliphatic carbocycles. The lowest BCUT2D eigenvalue weighted by Crippen LogP contribution is -2.20. The van der Waals surface area contributed by atoms with Crippen LogP contribution < -0.4 is 15.4 Å². The Balaban J connectivity index is 1.77. The van der Waals surface area contributed by atoms with Crippen LogP contribution in [0.1, 0.15) is 17.0 Å². The minimum absolute atomic E-state index is 0.0740. The van der Waals surface area contributed by atoms with Crippen molar-refractivity contribution in [2.45, 2.75) is 20.4 Å². The molecule has 0 bridgehead atoms. The SMILES string of the molecule is COc1cc([N+](=O)[O-])ccc1NC(=S)Nc1c(C)nn(Cc2ccc(Cl)cc2Cl)c1C. The minimum atomic E-state index is -0.489. The Morgan fingerprint density at radius 3 is 2.61 bits per heavy atom. The van der Waals surface area contributed by atoms with E-state index in [0.717, 1.165) is 22.6 Å². The van der Waals surface area contributed by atoms with Crippen molar-refractivity contribution in [2.24, 2.45) is 0 Å². The Hall–Kier alpha value is -2.88. The maximum Gasteiger partial charge on any atom is 0.273 e. The fourth-order valence-corrected chi connectivity index (χ4v) is 3.69. The van der Waals surface area contributed by atoms with Gasteiger partial charge in [-0.3, -0.25) is 14.8 Å². The second-order valence-electron chi connectivity index (χ2n) is 6.66. The molecule has 0 saturated carbocycles. The number of anilines is 2. The van der Waals surface area contributed by atoms with Crippen molar-refractivity contribution in [1.82, 2.24) is 9.78 Å². The summed E-state index contributed by atoms with van der Waals surface area (Å²) >= 11 is 17.7. The quantitative estimate of drug-likeness (QED) is 0.270. The molecule has 11 heteroatoms. The standard InChI is InChI=1S/C20H19Cl2N5O3S/c1-11-19(12(2)26(25-11)10-13-4-5-14(21)8-16(13)22)24-20(31)23-17-7-6-15(27(28)29)9-18(17)30-3/h4-9H,10H2,1-3H3,(H2,23,24,31). The lowest BCUT2D eigenvalue weighted by atomic mass is 10.2. The lowest BCUT2D eigenvalue weighted by Gasteiger charge is -2.14. The third kappa shape index (κ3) is 5.25. The third-order valence-electron chi connectivity index (χ3n) is 4.60. The van der Waals surface area contributed by atoms with Gasteiger partial charge in [-0.15, -0.1) is 0 Å². The fraction of sp³-hybridized carbons (Fsp3) is 0.200. The number of nitrogens with zero attached hydrogens (tertiary/aromatic N) is 3. The molecular formula is C20H19Cl2N5O3S. The molecule has 0 aliphatic rings. The van der Waals surface area contributed by atoms with Gasteiger partial charge in [0.2, 0.25) is 0 Å². The topological polar surface area (TPSA) is 94.2 Å². The molecule has 0 unspecified atom stereocenters. The smallest absolute Gasteiger partial charge is 0.273 e. The maximum absolute atomic E-state index is 11.0. The van der Waals surface area contributed by atoms with Crippen molar-refractivity contribution in [3.8, 4) is 5.75 Å². The normalized spacial score (nSPS) is 10.6. The Morgan fingerprint density at radius 2 is 1.97 bits per heavy atom. The Morgan fingerprint density at radius 1 is 1.23 bits per heavy atom. The molecule has 0 aliphatic heterocycles. The van der Waals surface area contributed by atoms with Gasteiger partial charge in [0.15, 0.2) is 5.11 Å². The summed E-state index contributed by atoms with van der Waals surface area (Å²) in [4.78, 5) is 10.5. The van der Waals surface area contributed by atoms with Crippen LogP contribution in [0.25, 0.3) is 0 Å². The largest absolute Gasteiger partial charge is 0.494 e. The van der Waals surface area contributed by atoms with Crippen LogP contribution in [0, 0.1) is 24.0 Å². The molecule has 0 fully saturated rings. The van der Waals surface area contributed by atoms with Crippen molar-refractivity contribution >= 4 is 57.6 Å². The molecule has 0 radical (unpaired) electrons. The third-order valence-corrected chi connectivity index (χ3v) is 5.39. The number of thiocarbonyl (C=S) groups is 1. The van der Waals surface area contributed by atoms with Gasteiger partial charge in [-0.05, 0) is 49.8 Å². The molecule has 0 amide bonds. The van der Waals surface area contributed by atoms with Gasteiger partial charge in [-0.2, -0.15) is 5.10 Å². The van der Waals surface area contributed by atoms with Crippen molar-refractivity contribution in [3.63, 3.8) is 0 Å². The van der Waals surface area contributed by atoms with Gasteiger partial charge < -0.3 is 15.4 Å². The first kappa shape index (κ1) is 22.8. The number of nitro benzene ring substituents is 1. The molecule has 0 atom stereocenters. The number of ether oxygens (including phenoxy) is 1. The number of benzene rings is 2. The lowest BCUT2D eigenvalue weighted by molar-refractivity contribution is -0.384. The molecule has 8 nitrogen and oxygen atoms in total. The number of methoxy groups -OCH3 is 1. The number of non-ortho nitro benzene ring substituents is 1. The molecule has 31 heavy (non-hydrogen) atoms. The molecule has 0 saturated heterocycles. The first-order chi connectivity index (χ1) is 14.7. The molecule has 0 spiro atoms. The number of nitrogens with one attached hydrogen (secondary N) is 2. The molecule has 3 aromatic rings. The summed E-state index contributed by atoms with van der Waals surface area (Å²) in [5.74, 6) is 0.305. The monoisotopic (exact) mass is 479 g/mol.